The Labute approximate surface area is 204 Å². The van der Waals surface area contributed by atoms with E-state index in [2.05, 4.69) is 15.5 Å². The monoisotopic (exact) mass is 478 g/mol. The van der Waals surface area contributed by atoms with Crippen LogP contribution < -0.4 is 11.1 Å². The molecule has 0 saturated heterocycles. The van der Waals surface area contributed by atoms with Crippen molar-refractivity contribution in [3.8, 4) is 0 Å². The summed E-state index contributed by atoms with van der Waals surface area (Å²) in [5.41, 5.74) is 3.02. The number of aromatic nitrogens is 6. The fourth-order valence-electron chi connectivity index (χ4n) is 5.90. The van der Waals surface area contributed by atoms with Crippen LogP contribution >= 0.6 is 0 Å². The maximum atomic E-state index is 14.0. The maximum absolute atomic E-state index is 14.0. The third kappa shape index (κ3) is 2.65. The van der Waals surface area contributed by atoms with Gasteiger partial charge in [-0.3, -0.25) is 14.4 Å². The van der Waals surface area contributed by atoms with Gasteiger partial charge in [-0.1, -0.05) is 38.1 Å². The molecule has 3 aromatic heterocycles. The van der Waals surface area contributed by atoms with Gasteiger partial charge < -0.3 is 0 Å². The lowest BCUT2D eigenvalue weighted by molar-refractivity contribution is -0.118. The normalized spacial score (nSPS) is 18.9. The summed E-state index contributed by atoms with van der Waals surface area (Å²) in [6.45, 7) is 6.01. The molecule has 2 aliphatic rings. The van der Waals surface area contributed by atoms with Gasteiger partial charge in [0.25, 0.3) is 11.1 Å². The van der Waals surface area contributed by atoms with Crippen LogP contribution in [0.3, 0.4) is 0 Å². The van der Waals surface area contributed by atoms with Crippen molar-refractivity contribution < 1.29 is 4.79 Å². The van der Waals surface area contributed by atoms with Crippen molar-refractivity contribution in [3.63, 3.8) is 0 Å². The second-order valence-electron chi connectivity index (χ2n) is 10.6. The molecule has 9 heteroatoms. The van der Waals surface area contributed by atoms with Crippen molar-refractivity contribution in [2.24, 2.45) is 5.41 Å². The lowest BCUT2D eigenvalue weighted by atomic mass is 9.74. The van der Waals surface area contributed by atoms with Gasteiger partial charge in [0.15, 0.2) is 11.4 Å². The van der Waals surface area contributed by atoms with E-state index in [9.17, 15) is 14.4 Å². The van der Waals surface area contributed by atoms with Gasteiger partial charge in [0, 0.05) is 22.9 Å². The topological polar surface area (TPSA) is 104 Å². The molecule has 0 bridgehead atoms. The van der Waals surface area contributed by atoms with Crippen LogP contribution in [0.15, 0.2) is 63.7 Å². The number of carbonyl (C=O) groups excluding carboxylic acids is 1. The molecule has 1 aliphatic carbocycles. The van der Waals surface area contributed by atoms with E-state index in [0.717, 1.165) is 16.5 Å². The highest BCUT2D eigenvalue weighted by Gasteiger charge is 2.45. The van der Waals surface area contributed by atoms with Crippen molar-refractivity contribution in [2.45, 2.75) is 39.7 Å². The first-order valence-corrected chi connectivity index (χ1v) is 11.9. The zero-order valence-electron chi connectivity index (χ0n) is 20.0. The Morgan fingerprint density at radius 3 is 2.47 bits per heavy atom. The van der Waals surface area contributed by atoms with E-state index < -0.39 is 6.04 Å². The van der Waals surface area contributed by atoms with Crippen molar-refractivity contribution in [1.82, 2.24) is 29.4 Å². The van der Waals surface area contributed by atoms with E-state index in [1.54, 1.807) is 28.8 Å². The minimum Gasteiger partial charge on any atom is -0.294 e. The molecule has 0 N–H and O–H groups in total. The Morgan fingerprint density at radius 1 is 0.944 bits per heavy atom. The molecule has 0 saturated carbocycles. The summed E-state index contributed by atoms with van der Waals surface area (Å²) in [5.74, 6) is -0.0695. The number of allylic oxidation sites excluding steroid dienone is 2. The molecule has 0 amide bonds. The Bertz CT molecular complexity index is 1960. The largest absolute Gasteiger partial charge is 0.294 e. The van der Waals surface area contributed by atoms with Gasteiger partial charge in [-0.15, -0.1) is 5.10 Å². The molecular formula is C27H22N6O3. The molecule has 0 spiro atoms. The van der Waals surface area contributed by atoms with Crippen molar-refractivity contribution in [2.75, 3.05) is 0 Å². The minimum atomic E-state index is -0.812. The number of tetrazole rings is 1. The summed E-state index contributed by atoms with van der Waals surface area (Å²) < 4.78 is 4.52. The molecule has 1 aliphatic heterocycles. The molecule has 7 rings (SSSR count). The van der Waals surface area contributed by atoms with Gasteiger partial charge >= 0.3 is 0 Å². The quantitative estimate of drug-likeness (QED) is 0.366. The number of fused-ring (bicyclic) bond motifs is 6. The molecule has 1 atom stereocenters. The maximum Gasteiger partial charge on any atom is 0.277 e. The number of rotatable bonds is 1. The summed E-state index contributed by atoms with van der Waals surface area (Å²) >= 11 is 0. The number of benzene rings is 2. The van der Waals surface area contributed by atoms with Gasteiger partial charge in [-0.2, -0.15) is 4.52 Å². The number of aryl methyl sites for hydroxylation is 1. The fraction of sp³-hybridized carbons (Fsp3) is 0.259. The summed E-state index contributed by atoms with van der Waals surface area (Å²) in [6, 6.07) is 13.9. The van der Waals surface area contributed by atoms with Crippen LogP contribution in [-0.4, -0.2) is 35.2 Å². The van der Waals surface area contributed by atoms with Crippen LogP contribution in [0.5, 0.6) is 0 Å². The van der Waals surface area contributed by atoms with Gasteiger partial charge in [0.05, 0.1) is 22.0 Å². The molecule has 1 unspecified atom stereocenters. The van der Waals surface area contributed by atoms with E-state index in [-0.39, 0.29) is 22.3 Å². The Balaban J connectivity index is 1.65. The number of carbonyl (C=O) groups is 1. The van der Waals surface area contributed by atoms with Crippen molar-refractivity contribution in [3.05, 3.63) is 85.9 Å². The number of pyridine rings is 1. The molecule has 0 fully saturated rings. The van der Waals surface area contributed by atoms with Crippen LogP contribution in [0.25, 0.3) is 33.0 Å². The number of Topliss-reactive ketones (excluding diaryl/α,β-unsaturated/α-hetero) is 1. The molecular weight excluding hydrogens is 456 g/mol. The van der Waals surface area contributed by atoms with Crippen LogP contribution in [-0.2, 0) is 4.79 Å². The standard InChI is InChI=1S/C27H22N6O3/c1-14-8-9-15-11-18(24-28-29-30-31(24)19(15)10-14)23-22-20(12-27(2,3)13-21(22)34)32-25(35)16-6-4-5-7-17(16)26(36)33(23)32/h4-11,23H,12-13H2,1-3H3. The highest BCUT2D eigenvalue weighted by molar-refractivity contribution is 6.05. The Morgan fingerprint density at radius 2 is 1.69 bits per heavy atom. The lowest BCUT2D eigenvalue weighted by Gasteiger charge is -2.30. The van der Waals surface area contributed by atoms with Gasteiger partial charge in [0.2, 0.25) is 0 Å². The minimum absolute atomic E-state index is 0.0695. The second kappa shape index (κ2) is 6.84. The van der Waals surface area contributed by atoms with E-state index in [0.29, 0.717) is 46.1 Å². The zero-order valence-corrected chi connectivity index (χ0v) is 20.0. The second-order valence-corrected chi connectivity index (χ2v) is 10.6. The zero-order chi connectivity index (χ0) is 24.9. The molecule has 5 aromatic rings. The number of ketones is 1. The Kier molecular flexibility index (Phi) is 3.98. The predicted molar refractivity (Wildman–Crippen MR) is 135 cm³/mol. The molecule has 2 aromatic carbocycles. The average molecular weight is 479 g/mol. The molecule has 4 heterocycles. The van der Waals surface area contributed by atoms with Crippen LogP contribution in [0, 0.1) is 12.3 Å². The highest BCUT2D eigenvalue weighted by atomic mass is 16.2. The van der Waals surface area contributed by atoms with Gasteiger partial charge in [0.1, 0.15) is 6.04 Å². The van der Waals surface area contributed by atoms with E-state index in [1.807, 2.05) is 45.0 Å². The SMILES string of the molecule is Cc1ccc2cc(C3C4=C(CC(C)(C)CC4=O)n4c(=O)c5ccccc5c(=O)n43)c3nnnn3c2c1. The number of nitrogens with zero attached hydrogens (tertiary/aromatic N) is 6. The summed E-state index contributed by atoms with van der Waals surface area (Å²) in [4.78, 5) is 41.4. The van der Waals surface area contributed by atoms with E-state index >= 15 is 0 Å². The van der Waals surface area contributed by atoms with Crippen molar-refractivity contribution in [1.29, 1.82) is 0 Å². The molecule has 9 nitrogen and oxygen atoms in total. The Hall–Kier alpha value is -4.40. The number of hydrogen-bond donors (Lipinski definition) is 0. The summed E-state index contributed by atoms with van der Waals surface area (Å²) in [5, 5.41) is 13.9. The highest BCUT2D eigenvalue weighted by Crippen LogP contribution is 2.47. The van der Waals surface area contributed by atoms with Crippen LogP contribution in [0.2, 0.25) is 0 Å². The van der Waals surface area contributed by atoms with E-state index in [1.165, 1.54) is 9.36 Å². The molecule has 0 radical (unpaired) electrons. The number of hydrogen-bond acceptors (Lipinski definition) is 6. The fourth-order valence-corrected chi connectivity index (χ4v) is 5.90. The van der Waals surface area contributed by atoms with Crippen molar-refractivity contribution >= 4 is 38.8 Å². The smallest absolute Gasteiger partial charge is 0.277 e. The third-order valence-corrected chi connectivity index (χ3v) is 7.42. The third-order valence-electron chi connectivity index (χ3n) is 7.42. The predicted octanol–water partition coefficient (Wildman–Crippen LogP) is 3.27. The lowest BCUT2D eigenvalue weighted by Crippen LogP contribution is -2.37. The first-order valence-electron chi connectivity index (χ1n) is 11.9. The average Bonchev–Trinajstić information content (AvgIpc) is 3.45. The molecule has 36 heavy (non-hydrogen) atoms. The van der Waals surface area contributed by atoms with E-state index in [4.69, 9.17) is 0 Å². The first-order chi connectivity index (χ1) is 17.2. The summed E-state index contributed by atoms with van der Waals surface area (Å²) in [6.07, 6.45) is 0.823. The van der Waals surface area contributed by atoms with Gasteiger partial charge in [-0.25, -0.2) is 9.36 Å². The molecule has 178 valence electrons. The van der Waals surface area contributed by atoms with Crippen LogP contribution in [0.1, 0.15) is 43.9 Å². The summed E-state index contributed by atoms with van der Waals surface area (Å²) in [7, 11) is 0. The first kappa shape index (κ1) is 20.9. The van der Waals surface area contributed by atoms with Crippen LogP contribution in [0.4, 0.5) is 0 Å². The van der Waals surface area contributed by atoms with Gasteiger partial charge in [-0.05, 0) is 59.0 Å².